The minimum absolute atomic E-state index is 0.277. The van der Waals surface area contributed by atoms with Gasteiger partial charge in [0, 0.05) is 5.92 Å². The van der Waals surface area contributed by atoms with E-state index in [9.17, 15) is 9.59 Å². The summed E-state index contributed by atoms with van der Waals surface area (Å²) in [6.07, 6.45) is -0.387. The standard InChI is InChI=1S/C14H20O7/c1-13(2)20-9-7(11(15)17-3)5-8(10(9)21-13)14(6-19-14)12(16)18-4/h7-10H,5-6H2,1-4H3/t7-,8+,9+,10-,14-/m1/s1. The predicted molar refractivity (Wildman–Crippen MR) is 68.1 cm³/mol. The molecule has 2 aliphatic heterocycles. The molecule has 0 spiro atoms. The fourth-order valence-electron chi connectivity index (χ4n) is 3.55. The molecule has 2 heterocycles. The van der Waals surface area contributed by atoms with Crippen LogP contribution in [0.25, 0.3) is 0 Å². The number of esters is 2. The Labute approximate surface area is 122 Å². The number of fused-ring (bicyclic) bond motifs is 1. The highest BCUT2D eigenvalue weighted by Gasteiger charge is 2.69. The Morgan fingerprint density at radius 1 is 1.10 bits per heavy atom. The molecule has 118 valence electrons. The average molecular weight is 300 g/mol. The first kappa shape index (κ1) is 14.7. The van der Waals surface area contributed by atoms with E-state index in [2.05, 4.69) is 0 Å². The van der Waals surface area contributed by atoms with E-state index in [1.807, 2.05) is 0 Å². The van der Waals surface area contributed by atoms with Crippen LogP contribution in [0.15, 0.2) is 0 Å². The Morgan fingerprint density at radius 3 is 2.24 bits per heavy atom. The summed E-state index contributed by atoms with van der Waals surface area (Å²) in [5.41, 5.74) is -1.01. The highest BCUT2D eigenvalue weighted by atomic mass is 16.8. The van der Waals surface area contributed by atoms with E-state index in [-0.39, 0.29) is 24.6 Å². The van der Waals surface area contributed by atoms with E-state index in [0.717, 1.165) is 0 Å². The molecule has 0 radical (unpaired) electrons. The third-order valence-corrected chi connectivity index (χ3v) is 4.55. The van der Waals surface area contributed by atoms with Crippen molar-refractivity contribution < 1.29 is 33.3 Å². The molecule has 0 aromatic carbocycles. The Kier molecular flexibility index (Phi) is 3.27. The molecule has 2 saturated heterocycles. The van der Waals surface area contributed by atoms with Crippen LogP contribution >= 0.6 is 0 Å². The molecule has 7 nitrogen and oxygen atoms in total. The van der Waals surface area contributed by atoms with Gasteiger partial charge in [-0.2, -0.15) is 0 Å². The van der Waals surface area contributed by atoms with Crippen LogP contribution < -0.4 is 0 Å². The second-order valence-electron chi connectivity index (χ2n) is 6.21. The first-order chi connectivity index (χ1) is 9.84. The molecule has 3 rings (SSSR count). The topological polar surface area (TPSA) is 83.6 Å². The van der Waals surface area contributed by atoms with Crippen molar-refractivity contribution in [1.29, 1.82) is 0 Å². The number of hydrogen-bond donors (Lipinski definition) is 0. The van der Waals surface area contributed by atoms with Gasteiger partial charge in [0.15, 0.2) is 11.4 Å². The molecule has 3 aliphatic rings. The molecule has 0 unspecified atom stereocenters. The lowest BCUT2D eigenvalue weighted by Crippen LogP contribution is -2.41. The van der Waals surface area contributed by atoms with E-state index < -0.39 is 29.4 Å². The zero-order chi connectivity index (χ0) is 15.4. The Hall–Kier alpha value is -1.18. The van der Waals surface area contributed by atoms with Gasteiger partial charge < -0.3 is 23.7 Å². The second-order valence-corrected chi connectivity index (χ2v) is 6.21. The van der Waals surface area contributed by atoms with Gasteiger partial charge in [-0.15, -0.1) is 0 Å². The highest BCUT2D eigenvalue weighted by molar-refractivity contribution is 5.83. The van der Waals surface area contributed by atoms with Gasteiger partial charge in [0.05, 0.1) is 32.8 Å². The van der Waals surface area contributed by atoms with Gasteiger partial charge in [-0.1, -0.05) is 0 Å². The number of epoxide rings is 1. The number of carbonyl (C=O) groups is 2. The zero-order valence-corrected chi connectivity index (χ0v) is 12.6. The third kappa shape index (κ3) is 2.15. The largest absolute Gasteiger partial charge is 0.469 e. The molecule has 0 aromatic rings. The van der Waals surface area contributed by atoms with Crippen molar-refractivity contribution in [1.82, 2.24) is 0 Å². The van der Waals surface area contributed by atoms with Gasteiger partial charge in [0.25, 0.3) is 0 Å². The fourth-order valence-corrected chi connectivity index (χ4v) is 3.55. The van der Waals surface area contributed by atoms with E-state index in [1.54, 1.807) is 13.8 Å². The minimum atomic E-state index is -1.01. The molecule has 0 bridgehead atoms. The monoisotopic (exact) mass is 300 g/mol. The van der Waals surface area contributed by atoms with Crippen molar-refractivity contribution in [2.75, 3.05) is 20.8 Å². The zero-order valence-electron chi connectivity index (χ0n) is 12.6. The predicted octanol–water partition coefficient (Wildman–Crippen LogP) is 0.258. The number of hydrogen-bond acceptors (Lipinski definition) is 7. The summed E-state index contributed by atoms with van der Waals surface area (Å²) in [5, 5.41) is 0. The van der Waals surface area contributed by atoms with E-state index in [1.165, 1.54) is 14.2 Å². The molecule has 0 N–H and O–H groups in total. The molecule has 1 aliphatic carbocycles. The first-order valence-electron chi connectivity index (χ1n) is 7.00. The van der Waals surface area contributed by atoms with Crippen LogP contribution in [0.2, 0.25) is 0 Å². The van der Waals surface area contributed by atoms with Crippen LogP contribution in [-0.4, -0.2) is 56.4 Å². The fraction of sp³-hybridized carbons (Fsp3) is 0.857. The summed E-state index contributed by atoms with van der Waals surface area (Å²) in [6, 6.07) is 0. The molecule has 21 heavy (non-hydrogen) atoms. The summed E-state index contributed by atoms with van der Waals surface area (Å²) in [6.45, 7) is 3.86. The van der Waals surface area contributed by atoms with Crippen molar-refractivity contribution in [2.45, 2.75) is 43.9 Å². The molecule has 7 heteroatoms. The molecule has 5 atom stereocenters. The van der Waals surface area contributed by atoms with Crippen molar-refractivity contribution in [2.24, 2.45) is 11.8 Å². The number of rotatable bonds is 3. The van der Waals surface area contributed by atoms with Gasteiger partial charge >= 0.3 is 11.9 Å². The maximum absolute atomic E-state index is 12.0. The van der Waals surface area contributed by atoms with Gasteiger partial charge in [0.1, 0.15) is 6.10 Å². The van der Waals surface area contributed by atoms with Gasteiger partial charge in [0.2, 0.25) is 0 Å². The van der Waals surface area contributed by atoms with E-state index in [0.29, 0.717) is 6.42 Å². The summed E-state index contributed by atoms with van der Waals surface area (Å²) in [5.74, 6) is -2.31. The van der Waals surface area contributed by atoms with Crippen molar-refractivity contribution in [3.8, 4) is 0 Å². The van der Waals surface area contributed by atoms with Crippen LogP contribution in [0, 0.1) is 11.8 Å². The highest BCUT2D eigenvalue weighted by Crippen LogP contribution is 2.53. The van der Waals surface area contributed by atoms with Crippen LogP contribution in [-0.2, 0) is 33.3 Å². The van der Waals surface area contributed by atoms with Gasteiger partial charge in [-0.3, -0.25) is 4.79 Å². The lowest BCUT2D eigenvalue weighted by molar-refractivity contribution is -0.175. The third-order valence-electron chi connectivity index (χ3n) is 4.55. The summed E-state index contributed by atoms with van der Waals surface area (Å²) in [4.78, 5) is 24.0. The normalized spacial score (nSPS) is 43.2. The second kappa shape index (κ2) is 4.66. The number of ether oxygens (including phenoxy) is 5. The van der Waals surface area contributed by atoms with Crippen molar-refractivity contribution >= 4 is 11.9 Å². The molecular weight excluding hydrogens is 280 g/mol. The quantitative estimate of drug-likeness (QED) is 0.546. The average Bonchev–Trinajstić information content (AvgIpc) is 3.09. The molecule has 1 saturated carbocycles. The van der Waals surface area contributed by atoms with Crippen LogP contribution in [0.5, 0.6) is 0 Å². The van der Waals surface area contributed by atoms with Crippen molar-refractivity contribution in [3.05, 3.63) is 0 Å². The summed E-state index contributed by atoms with van der Waals surface area (Å²) < 4.78 is 26.8. The maximum atomic E-state index is 12.0. The van der Waals surface area contributed by atoms with Crippen LogP contribution in [0.1, 0.15) is 20.3 Å². The number of methoxy groups -OCH3 is 2. The van der Waals surface area contributed by atoms with E-state index in [4.69, 9.17) is 23.7 Å². The van der Waals surface area contributed by atoms with Gasteiger partial charge in [-0.05, 0) is 20.3 Å². The summed E-state index contributed by atoms with van der Waals surface area (Å²) >= 11 is 0. The Bertz CT molecular complexity index is 468. The molecule has 0 amide bonds. The van der Waals surface area contributed by atoms with Crippen LogP contribution in [0.3, 0.4) is 0 Å². The van der Waals surface area contributed by atoms with Crippen LogP contribution in [0.4, 0.5) is 0 Å². The number of carbonyl (C=O) groups excluding carboxylic acids is 2. The smallest absolute Gasteiger partial charge is 0.340 e. The Morgan fingerprint density at radius 2 is 1.71 bits per heavy atom. The lowest BCUT2D eigenvalue weighted by Gasteiger charge is -2.25. The molecule has 3 fully saturated rings. The van der Waals surface area contributed by atoms with E-state index >= 15 is 0 Å². The Balaban J connectivity index is 1.89. The maximum Gasteiger partial charge on any atom is 0.340 e. The van der Waals surface area contributed by atoms with Crippen molar-refractivity contribution in [3.63, 3.8) is 0 Å². The molecular formula is C14H20O7. The minimum Gasteiger partial charge on any atom is -0.469 e. The first-order valence-corrected chi connectivity index (χ1v) is 7.00. The molecule has 0 aromatic heterocycles. The SMILES string of the molecule is COC(=O)[C@@H]1C[C@H]([C@@]2(C(=O)OC)CO2)[C@H]2OC(C)(C)O[C@H]21. The van der Waals surface area contributed by atoms with Gasteiger partial charge in [-0.25, -0.2) is 4.79 Å². The lowest BCUT2D eigenvalue weighted by atomic mass is 9.88. The summed E-state index contributed by atoms with van der Waals surface area (Å²) in [7, 11) is 2.67.